The largest absolute Gasteiger partial charge is 0.492 e. The number of carbonyl (C=O) groups is 2. The fourth-order valence-corrected chi connectivity index (χ4v) is 2.85. The van der Waals surface area contributed by atoms with E-state index in [1.165, 1.54) is 24.3 Å². The highest BCUT2D eigenvalue weighted by Gasteiger charge is 2.30. The van der Waals surface area contributed by atoms with E-state index < -0.39 is 23.6 Å². The van der Waals surface area contributed by atoms with Crippen molar-refractivity contribution in [3.8, 4) is 5.75 Å². The molecule has 0 unspecified atom stereocenters. The van der Waals surface area contributed by atoms with Gasteiger partial charge >= 0.3 is 6.18 Å². The molecule has 0 atom stereocenters. The van der Waals surface area contributed by atoms with E-state index >= 15 is 0 Å². The van der Waals surface area contributed by atoms with Crippen LogP contribution >= 0.6 is 15.9 Å². The Morgan fingerprint density at radius 1 is 1.00 bits per heavy atom. The lowest BCUT2D eigenvalue weighted by Gasteiger charge is -2.10. The van der Waals surface area contributed by atoms with E-state index in [4.69, 9.17) is 9.15 Å². The molecule has 0 aliphatic rings. The van der Waals surface area contributed by atoms with Crippen LogP contribution in [0.5, 0.6) is 5.75 Å². The second-order valence-corrected chi connectivity index (χ2v) is 7.05. The number of halogens is 4. The summed E-state index contributed by atoms with van der Waals surface area (Å²) in [6, 6.07) is 13.7. The molecule has 0 radical (unpaired) electrons. The summed E-state index contributed by atoms with van der Waals surface area (Å²) >= 11 is 3.12. The molecule has 0 fully saturated rings. The molecule has 10 heteroatoms. The summed E-state index contributed by atoms with van der Waals surface area (Å²) < 4.78 is 48.6. The van der Waals surface area contributed by atoms with Crippen LogP contribution in [0.3, 0.4) is 0 Å². The van der Waals surface area contributed by atoms with Gasteiger partial charge in [-0.15, -0.1) is 0 Å². The zero-order valence-electron chi connectivity index (χ0n) is 15.8. The molecular formula is C21H16BrF3N2O4. The molecule has 0 bridgehead atoms. The second-order valence-electron chi connectivity index (χ2n) is 6.27. The topological polar surface area (TPSA) is 80.6 Å². The molecule has 0 spiro atoms. The van der Waals surface area contributed by atoms with Crippen molar-refractivity contribution in [3.05, 3.63) is 82.2 Å². The third-order valence-electron chi connectivity index (χ3n) is 4.02. The van der Waals surface area contributed by atoms with Crippen LogP contribution in [-0.4, -0.2) is 25.0 Å². The highest BCUT2D eigenvalue weighted by atomic mass is 79.9. The SMILES string of the molecule is O=C(NCCOc1ccc(C(F)(F)F)cc1)c1cccc(NC(=O)c2ccc(Br)o2)c1. The van der Waals surface area contributed by atoms with Crippen LogP contribution in [0.25, 0.3) is 0 Å². The smallest absolute Gasteiger partial charge is 0.416 e. The van der Waals surface area contributed by atoms with Crippen LogP contribution in [0.2, 0.25) is 0 Å². The minimum atomic E-state index is -4.41. The number of nitrogens with one attached hydrogen (secondary N) is 2. The van der Waals surface area contributed by atoms with E-state index in [-0.39, 0.29) is 24.7 Å². The molecular weight excluding hydrogens is 481 g/mol. The van der Waals surface area contributed by atoms with Crippen LogP contribution in [0.15, 0.2) is 69.8 Å². The minimum Gasteiger partial charge on any atom is -0.492 e. The van der Waals surface area contributed by atoms with Crippen LogP contribution in [0.1, 0.15) is 26.5 Å². The van der Waals surface area contributed by atoms with Crippen LogP contribution in [0.4, 0.5) is 18.9 Å². The van der Waals surface area contributed by atoms with Crippen molar-refractivity contribution in [2.75, 3.05) is 18.5 Å². The second kappa shape index (κ2) is 9.69. The van der Waals surface area contributed by atoms with Gasteiger partial charge in [0.1, 0.15) is 12.4 Å². The predicted octanol–water partition coefficient (Wildman–Crippen LogP) is 5.12. The lowest BCUT2D eigenvalue weighted by atomic mass is 10.2. The Morgan fingerprint density at radius 2 is 1.74 bits per heavy atom. The Kier molecular flexibility index (Phi) is 7.01. The van der Waals surface area contributed by atoms with Gasteiger partial charge in [-0.25, -0.2) is 0 Å². The molecule has 3 aromatic rings. The van der Waals surface area contributed by atoms with Crippen molar-refractivity contribution in [2.24, 2.45) is 0 Å². The van der Waals surface area contributed by atoms with Gasteiger partial charge < -0.3 is 19.8 Å². The number of hydrogen-bond acceptors (Lipinski definition) is 4. The van der Waals surface area contributed by atoms with Crippen LogP contribution in [-0.2, 0) is 6.18 Å². The van der Waals surface area contributed by atoms with E-state index in [0.717, 1.165) is 12.1 Å². The minimum absolute atomic E-state index is 0.0703. The summed E-state index contributed by atoms with van der Waals surface area (Å²) in [5.41, 5.74) is -0.0426. The van der Waals surface area contributed by atoms with Crippen molar-refractivity contribution in [1.29, 1.82) is 0 Å². The summed E-state index contributed by atoms with van der Waals surface area (Å²) in [4.78, 5) is 24.4. The fourth-order valence-electron chi connectivity index (χ4n) is 2.54. The predicted molar refractivity (Wildman–Crippen MR) is 110 cm³/mol. The van der Waals surface area contributed by atoms with Crippen molar-refractivity contribution >= 4 is 33.4 Å². The lowest BCUT2D eigenvalue weighted by Crippen LogP contribution is -2.28. The molecule has 2 amide bonds. The van der Waals surface area contributed by atoms with Gasteiger partial charge in [0.05, 0.1) is 12.1 Å². The van der Waals surface area contributed by atoms with E-state index in [9.17, 15) is 22.8 Å². The fraction of sp³-hybridized carbons (Fsp3) is 0.143. The van der Waals surface area contributed by atoms with E-state index in [1.54, 1.807) is 24.3 Å². The quantitative estimate of drug-likeness (QED) is 0.444. The summed E-state index contributed by atoms with van der Waals surface area (Å²) in [5, 5.41) is 5.27. The zero-order chi connectivity index (χ0) is 22.4. The number of carbonyl (C=O) groups excluding carboxylic acids is 2. The van der Waals surface area contributed by atoms with Gasteiger partial charge in [0.2, 0.25) is 0 Å². The summed E-state index contributed by atoms with van der Waals surface area (Å²) in [5.74, 6) is -0.486. The number of ether oxygens (including phenoxy) is 1. The summed E-state index contributed by atoms with van der Waals surface area (Å²) in [6.07, 6.45) is -4.41. The average molecular weight is 497 g/mol. The van der Waals surface area contributed by atoms with Gasteiger partial charge in [0.15, 0.2) is 10.4 Å². The molecule has 3 rings (SSSR count). The Hall–Kier alpha value is -3.27. The Labute approximate surface area is 183 Å². The van der Waals surface area contributed by atoms with Crippen molar-refractivity contribution in [3.63, 3.8) is 0 Å². The summed E-state index contributed by atoms with van der Waals surface area (Å²) in [6.45, 7) is 0.206. The monoisotopic (exact) mass is 496 g/mol. The van der Waals surface area contributed by atoms with Gasteiger partial charge in [-0.2, -0.15) is 13.2 Å². The van der Waals surface area contributed by atoms with Crippen molar-refractivity contribution in [1.82, 2.24) is 5.32 Å². The number of benzene rings is 2. The first-order valence-corrected chi connectivity index (χ1v) is 9.77. The third kappa shape index (κ3) is 6.35. The van der Waals surface area contributed by atoms with Gasteiger partial charge in [0.25, 0.3) is 11.8 Å². The van der Waals surface area contributed by atoms with Crippen LogP contribution in [0, 0.1) is 0 Å². The van der Waals surface area contributed by atoms with Crippen LogP contribution < -0.4 is 15.4 Å². The molecule has 31 heavy (non-hydrogen) atoms. The molecule has 0 aliphatic heterocycles. The number of hydrogen-bond donors (Lipinski definition) is 2. The molecule has 1 aromatic heterocycles. The number of alkyl halides is 3. The first-order chi connectivity index (χ1) is 14.7. The first-order valence-electron chi connectivity index (χ1n) is 8.97. The Bertz CT molecular complexity index is 1060. The van der Waals surface area contributed by atoms with Gasteiger partial charge in [0, 0.05) is 11.3 Å². The molecule has 2 N–H and O–H groups in total. The van der Waals surface area contributed by atoms with E-state index in [2.05, 4.69) is 26.6 Å². The Balaban J connectivity index is 1.48. The van der Waals surface area contributed by atoms with Gasteiger partial charge in [-0.3, -0.25) is 9.59 Å². The molecule has 162 valence electrons. The zero-order valence-corrected chi connectivity index (χ0v) is 17.4. The van der Waals surface area contributed by atoms with E-state index in [1.807, 2.05) is 0 Å². The van der Waals surface area contributed by atoms with Crippen molar-refractivity contribution in [2.45, 2.75) is 6.18 Å². The molecule has 1 heterocycles. The van der Waals surface area contributed by atoms with Gasteiger partial charge in [-0.05, 0) is 70.5 Å². The lowest BCUT2D eigenvalue weighted by molar-refractivity contribution is -0.137. The standard InChI is InChI=1S/C21H16BrF3N2O4/c22-18-9-8-17(31-18)20(29)27-15-3-1-2-13(12-15)19(28)26-10-11-30-16-6-4-14(5-7-16)21(23,24)25/h1-9,12H,10-11H2,(H,26,28)(H,27,29). The highest BCUT2D eigenvalue weighted by Crippen LogP contribution is 2.30. The number of rotatable bonds is 7. The normalized spacial score (nSPS) is 11.1. The third-order valence-corrected chi connectivity index (χ3v) is 4.44. The number of furan rings is 1. The average Bonchev–Trinajstić information content (AvgIpc) is 3.17. The summed E-state index contributed by atoms with van der Waals surface area (Å²) in [7, 11) is 0. The molecule has 2 aromatic carbocycles. The number of amides is 2. The molecule has 0 saturated carbocycles. The maximum absolute atomic E-state index is 12.5. The maximum Gasteiger partial charge on any atom is 0.416 e. The van der Waals surface area contributed by atoms with E-state index in [0.29, 0.717) is 15.9 Å². The Morgan fingerprint density at radius 3 is 2.39 bits per heavy atom. The molecule has 0 aliphatic carbocycles. The molecule has 0 saturated heterocycles. The number of anilines is 1. The maximum atomic E-state index is 12.5. The highest BCUT2D eigenvalue weighted by molar-refractivity contribution is 9.10. The van der Waals surface area contributed by atoms with Gasteiger partial charge in [-0.1, -0.05) is 6.07 Å². The first kappa shape index (κ1) is 22.4. The van der Waals surface area contributed by atoms with Crippen molar-refractivity contribution < 1.29 is 31.9 Å². The molecule has 6 nitrogen and oxygen atoms in total.